The van der Waals surface area contributed by atoms with E-state index in [2.05, 4.69) is 35.8 Å². The zero-order chi connectivity index (χ0) is 23.7. The molecule has 0 saturated carbocycles. The number of oxime groups is 1. The topological polar surface area (TPSA) is 164 Å². The van der Waals surface area contributed by atoms with Gasteiger partial charge in [-0.1, -0.05) is 5.16 Å². The number of rotatable bonds is 7. The molecule has 2 aliphatic rings. The Balaban J connectivity index is 1.54. The number of aromatic nitrogens is 3. The van der Waals surface area contributed by atoms with Crippen LogP contribution in [0, 0.1) is 0 Å². The van der Waals surface area contributed by atoms with Crippen molar-refractivity contribution in [2.45, 2.75) is 18.0 Å². The number of β-lactam (4-membered cyclic amide) rings is 1. The van der Waals surface area contributed by atoms with Gasteiger partial charge in [0.25, 0.3) is 11.8 Å². The molecule has 12 nitrogen and oxygen atoms in total. The van der Waals surface area contributed by atoms with Crippen molar-refractivity contribution in [3.63, 3.8) is 0 Å². The summed E-state index contributed by atoms with van der Waals surface area (Å²) in [6.07, 6.45) is 3.63. The molecule has 2 atom stereocenters. The van der Waals surface area contributed by atoms with Gasteiger partial charge in [-0.2, -0.15) is 13.9 Å². The molecule has 0 spiro atoms. The fourth-order valence-electron chi connectivity index (χ4n) is 3.43. The van der Waals surface area contributed by atoms with Gasteiger partial charge in [0.2, 0.25) is 11.5 Å². The van der Waals surface area contributed by atoms with E-state index < -0.39 is 29.2 Å². The summed E-state index contributed by atoms with van der Waals surface area (Å²) in [4.78, 5) is 47.5. The number of aliphatic carboxylic acids is 1. The van der Waals surface area contributed by atoms with Crippen LogP contribution < -0.4 is 15.6 Å². The number of hydrogen-bond donors (Lipinski definition) is 3. The van der Waals surface area contributed by atoms with E-state index in [1.54, 1.807) is 0 Å². The van der Waals surface area contributed by atoms with Crippen LogP contribution in [0.4, 0.5) is 5.13 Å². The highest BCUT2D eigenvalue weighted by Crippen LogP contribution is 2.40. The monoisotopic (exact) mass is 554 g/mol. The Morgan fingerprint density at radius 1 is 1.52 bits per heavy atom. The van der Waals surface area contributed by atoms with Crippen molar-refractivity contribution in [2.75, 3.05) is 18.6 Å². The van der Waals surface area contributed by atoms with Gasteiger partial charge in [0.05, 0.1) is 4.47 Å². The molecule has 4 heterocycles. The molecule has 0 radical (unpaired) electrons. The second-order valence-electron chi connectivity index (χ2n) is 6.89. The third-order valence-corrected chi connectivity index (χ3v) is 7.13. The SMILES string of the molecule is CO/N=C(\C(=O)N[C@@H]1C(=O)N2C(C(=O)O)=C(C[n+]3cccc(Br)c3)CS[C@H]12)c1nsc(N)n1. The molecule has 2 aliphatic heterocycles. The predicted octanol–water partition coefficient (Wildman–Crippen LogP) is -0.0404. The average molecular weight is 555 g/mol. The molecular weight excluding hydrogens is 538 g/mol. The second kappa shape index (κ2) is 9.44. The molecular formula is C18H17BrN7O5S2+. The van der Waals surface area contributed by atoms with Crippen molar-refractivity contribution in [3.05, 3.63) is 46.1 Å². The van der Waals surface area contributed by atoms with Crippen LogP contribution in [-0.4, -0.2) is 67.1 Å². The Morgan fingerprint density at radius 3 is 2.94 bits per heavy atom. The number of amides is 2. The molecule has 0 aromatic carbocycles. The van der Waals surface area contributed by atoms with E-state index in [1.807, 2.05) is 29.1 Å². The van der Waals surface area contributed by atoms with Crippen molar-refractivity contribution in [3.8, 4) is 0 Å². The largest absolute Gasteiger partial charge is 0.477 e. The number of nitrogens with two attached hydrogens (primary N) is 1. The van der Waals surface area contributed by atoms with Crippen molar-refractivity contribution in [1.82, 2.24) is 19.6 Å². The summed E-state index contributed by atoms with van der Waals surface area (Å²) in [6, 6.07) is 2.75. The van der Waals surface area contributed by atoms with Crippen LogP contribution in [0.25, 0.3) is 0 Å². The van der Waals surface area contributed by atoms with Crippen LogP contribution in [0.5, 0.6) is 0 Å². The number of carboxylic acid groups (broad SMARTS) is 1. The Hall–Kier alpha value is -3.04. The number of nitrogens with zero attached hydrogens (tertiary/aromatic N) is 5. The van der Waals surface area contributed by atoms with E-state index in [9.17, 15) is 19.5 Å². The van der Waals surface area contributed by atoms with Crippen molar-refractivity contribution in [2.24, 2.45) is 5.16 Å². The summed E-state index contributed by atoms with van der Waals surface area (Å²) in [5.41, 5.74) is 5.85. The van der Waals surface area contributed by atoms with E-state index in [1.165, 1.54) is 23.8 Å². The highest BCUT2D eigenvalue weighted by Gasteiger charge is 2.54. The maximum absolute atomic E-state index is 12.9. The van der Waals surface area contributed by atoms with Crippen LogP contribution >= 0.6 is 39.2 Å². The van der Waals surface area contributed by atoms with E-state index >= 15 is 0 Å². The van der Waals surface area contributed by atoms with E-state index in [-0.39, 0.29) is 22.4 Å². The predicted molar refractivity (Wildman–Crippen MR) is 122 cm³/mol. The molecule has 172 valence electrons. The normalized spacial score (nSPS) is 20.2. The van der Waals surface area contributed by atoms with Crippen LogP contribution in [0.1, 0.15) is 5.82 Å². The summed E-state index contributed by atoms with van der Waals surface area (Å²) in [5, 5.41) is 15.6. The minimum atomic E-state index is -1.20. The third-order valence-electron chi connectivity index (χ3n) is 4.78. The molecule has 15 heteroatoms. The Labute approximate surface area is 203 Å². The summed E-state index contributed by atoms with van der Waals surface area (Å²) < 4.78 is 6.61. The van der Waals surface area contributed by atoms with Gasteiger partial charge in [-0.25, -0.2) is 4.79 Å². The van der Waals surface area contributed by atoms with Gasteiger partial charge in [0.1, 0.15) is 24.2 Å². The summed E-state index contributed by atoms with van der Waals surface area (Å²) in [6.45, 7) is 0.309. The molecule has 4 N–H and O–H groups in total. The number of nitrogens with one attached hydrogen (secondary N) is 1. The first-order chi connectivity index (χ1) is 15.8. The lowest BCUT2D eigenvalue weighted by Gasteiger charge is -2.49. The van der Waals surface area contributed by atoms with E-state index in [0.717, 1.165) is 16.0 Å². The Kier molecular flexibility index (Phi) is 6.62. The Bertz CT molecular complexity index is 1200. The number of pyridine rings is 1. The highest BCUT2D eigenvalue weighted by atomic mass is 79.9. The zero-order valence-corrected chi connectivity index (χ0v) is 20.2. The lowest BCUT2D eigenvalue weighted by molar-refractivity contribution is -0.689. The summed E-state index contributed by atoms with van der Waals surface area (Å²) in [5.74, 6) is -2.11. The molecule has 0 bridgehead atoms. The van der Waals surface area contributed by atoms with Gasteiger partial charge in [0.15, 0.2) is 24.1 Å². The molecule has 2 amide bonds. The van der Waals surface area contributed by atoms with Crippen LogP contribution in [0.3, 0.4) is 0 Å². The van der Waals surface area contributed by atoms with Crippen LogP contribution in [0.2, 0.25) is 0 Å². The molecule has 4 rings (SSSR count). The lowest BCUT2D eigenvalue weighted by Crippen LogP contribution is -2.71. The first kappa shape index (κ1) is 23.1. The van der Waals surface area contributed by atoms with Gasteiger partial charge in [-0.05, 0) is 22.0 Å². The quantitative estimate of drug-likeness (QED) is 0.184. The summed E-state index contributed by atoms with van der Waals surface area (Å²) >= 11 is 5.64. The van der Waals surface area contributed by atoms with Crippen molar-refractivity contribution < 1.29 is 28.9 Å². The molecule has 1 fully saturated rings. The van der Waals surface area contributed by atoms with E-state index in [0.29, 0.717) is 17.9 Å². The number of thioether (sulfide) groups is 1. The van der Waals surface area contributed by atoms with Crippen LogP contribution in [-0.2, 0) is 25.8 Å². The average Bonchev–Trinajstić information content (AvgIpc) is 3.21. The molecule has 1 saturated heterocycles. The van der Waals surface area contributed by atoms with Crippen molar-refractivity contribution in [1.29, 1.82) is 0 Å². The van der Waals surface area contributed by atoms with Gasteiger partial charge < -0.3 is 21.0 Å². The number of fused-ring (bicyclic) bond motifs is 1. The second-order valence-corrected chi connectivity index (χ2v) is 9.70. The maximum Gasteiger partial charge on any atom is 0.352 e. The fourth-order valence-corrected chi connectivity index (χ4v) is 5.62. The summed E-state index contributed by atoms with van der Waals surface area (Å²) in [7, 11) is 1.25. The number of anilines is 1. The van der Waals surface area contributed by atoms with Gasteiger partial charge in [-0.3, -0.25) is 14.5 Å². The standard InChI is InChI=1S/C18H16BrN7O5S2/c1-31-23-10(13-22-18(20)33-24-13)14(27)21-11-15(28)26-12(17(29)30)8(7-32-16(11)26)5-25-4-2-3-9(19)6-25/h2-4,6,11,16H,5,7H2,1H3,(H3-,20,21,22,24,27,29,30)/p+1/b23-10-/t11-,16-/m1/s1. The Morgan fingerprint density at radius 2 is 2.30 bits per heavy atom. The maximum atomic E-state index is 12.9. The molecule has 33 heavy (non-hydrogen) atoms. The first-order valence-corrected chi connectivity index (χ1v) is 12.0. The molecule has 0 unspecified atom stereocenters. The lowest BCUT2D eigenvalue weighted by atomic mass is 10.0. The number of carbonyl (C=O) groups excluding carboxylic acids is 2. The molecule has 2 aromatic heterocycles. The molecule has 0 aliphatic carbocycles. The van der Waals surface area contributed by atoms with Crippen LogP contribution in [0.15, 0.2) is 45.4 Å². The number of carbonyl (C=O) groups is 3. The first-order valence-electron chi connectivity index (χ1n) is 9.36. The zero-order valence-electron chi connectivity index (χ0n) is 17.0. The third kappa shape index (κ3) is 4.56. The van der Waals surface area contributed by atoms with Crippen molar-refractivity contribution >= 4 is 67.9 Å². The number of carboxylic acids is 1. The smallest absolute Gasteiger partial charge is 0.352 e. The number of halogens is 1. The minimum absolute atomic E-state index is 0.0313. The minimum Gasteiger partial charge on any atom is -0.477 e. The number of nitrogen functional groups attached to an aromatic ring is 1. The van der Waals surface area contributed by atoms with Gasteiger partial charge >= 0.3 is 5.97 Å². The van der Waals surface area contributed by atoms with E-state index in [4.69, 9.17) is 10.6 Å². The van der Waals surface area contributed by atoms with Gasteiger partial charge in [0, 0.05) is 28.9 Å². The highest BCUT2D eigenvalue weighted by molar-refractivity contribution is 9.10. The fraction of sp³-hybridized carbons (Fsp3) is 0.278. The number of hydrogen-bond acceptors (Lipinski definition) is 10. The molecule has 2 aromatic rings. The van der Waals surface area contributed by atoms with Gasteiger partial charge in [-0.15, -0.1) is 11.8 Å².